The number of aromatic nitrogens is 1. The van der Waals surface area contributed by atoms with Gasteiger partial charge in [-0.1, -0.05) is 12.1 Å². The van der Waals surface area contributed by atoms with Gasteiger partial charge in [0.1, 0.15) is 5.82 Å². The monoisotopic (exact) mass is 328 g/mol. The van der Waals surface area contributed by atoms with Gasteiger partial charge in [-0.2, -0.15) is 0 Å². The molecule has 0 amide bonds. The molecule has 2 rings (SSSR count). The van der Waals surface area contributed by atoms with Crippen LogP contribution in [-0.2, 0) is 6.42 Å². The van der Waals surface area contributed by atoms with Crippen molar-refractivity contribution in [3.8, 4) is 0 Å². The van der Waals surface area contributed by atoms with Gasteiger partial charge in [0.15, 0.2) is 0 Å². The minimum atomic E-state index is -0.253. The molecular weight excluding hydrogens is 315 g/mol. The number of nitrogens with two attached hydrogens (primary N) is 1. The molecule has 0 saturated carbocycles. The second-order valence-corrected chi connectivity index (χ2v) is 6.23. The van der Waals surface area contributed by atoms with Crippen molar-refractivity contribution in [1.29, 1.82) is 0 Å². The normalized spacial score (nSPS) is 12.7. The number of thiazole rings is 1. The summed E-state index contributed by atoms with van der Waals surface area (Å²) in [6, 6.07) is 4.87. The SMILES string of the molecule is Cc1nc(C)c(C(N)Cc2cccc(F)c2Br)s1. The van der Waals surface area contributed by atoms with Crippen molar-refractivity contribution < 1.29 is 4.39 Å². The number of hydrogen-bond donors (Lipinski definition) is 1. The highest BCUT2D eigenvalue weighted by Crippen LogP contribution is 2.29. The van der Waals surface area contributed by atoms with Crippen molar-refractivity contribution in [1.82, 2.24) is 4.98 Å². The van der Waals surface area contributed by atoms with E-state index in [4.69, 9.17) is 5.73 Å². The molecule has 18 heavy (non-hydrogen) atoms. The minimum Gasteiger partial charge on any atom is -0.323 e. The van der Waals surface area contributed by atoms with E-state index in [1.165, 1.54) is 6.07 Å². The predicted octanol–water partition coefficient (Wildman–Crippen LogP) is 3.90. The Labute approximate surface area is 118 Å². The summed E-state index contributed by atoms with van der Waals surface area (Å²) in [4.78, 5) is 5.44. The van der Waals surface area contributed by atoms with E-state index < -0.39 is 0 Å². The molecule has 0 saturated heterocycles. The average Bonchev–Trinajstić information content (AvgIpc) is 2.64. The lowest BCUT2D eigenvalue weighted by Gasteiger charge is -2.12. The lowest BCUT2D eigenvalue weighted by Crippen LogP contribution is -2.13. The quantitative estimate of drug-likeness (QED) is 0.927. The van der Waals surface area contributed by atoms with E-state index in [0.717, 1.165) is 21.1 Å². The van der Waals surface area contributed by atoms with Gasteiger partial charge < -0.3 is 5.73 Å². The van der Waals surface area contributed by atoms with Crippen LogP contribution in [0.4, 0.5) is 4.39 Å². The largest absolute Gasteiger partial charge is 0.323 e. The molecule has 96 valence electrons. The summed E-state index contributed by atoms with van der Waals surface area (Å²) in [7, 11) is 0. The fourth-order valence-electron chi connectivity index (χ4n) is 1.93. The third-order valence-corrected chi connectivity index (χ3v) is 4.84. The number of nitrogens with zero attached hydrogens (tertiary/aromatic N) is 1. The van der Waals surface area contributed by atoms with Gasteiger partial charge in [-0.25, -0.2) is 9.37 Å². The van der Waals surface area contributed by atoms with E-state index in [-0.39, 0.29) is 11.9 Å². The van der Waals surface area contributed by atoms with Crippen LogP contribution in [0.1, 0.15) is 27.2 Å². The van der Waals surface area contributed by atoms with Crippen molar-refractivity contribution in [3.63, 3.8) is 0 Å². The molecule has 0 fully saturated rings. The van der Waals surface area contributed by atoms with Crippen LogP contribution >= 0.6 is 27.3 Å². The Morgan fingerprint density at radius 1 is 1.44 bits per heavy atom. The maximum atomic E-state index is 13.4. The molecule has 2 N–H and O–H groups in total. The number of hydrogen-bond acceptors (Lipinski definition) is 3. The van der Waals surface area contributed by atoms with Crippen LogP contribution in [-0.4, -0.2) is 4.98 Å². The fraction of sp³-hybridized carbons (Fsp3) is 0.308. The highest BCUT2D eigenvalue weighted by molar-refractivity contribution is 9.10. The van der Waals surface area contributed by atoms with Crippen LogP contribution in [0.2, 0.25) is 0 Å². The number of rotatable bonds is 3. The number of halogens is 2. The van der Waals surface area contributed by atoms with E-state index >= 15 is 0 Å². The average molecular weight is 329 g/mol. The highest BCUT2D eigenvalue weighted by atomic mass is 79.9. The lowest BCUT2D eigenvalue weighted by molar-refractivity contribution is 0.614. The zero-order valence-electron chi connectivity index (χ0n) is 10.2. The molecule has 0 radical (unpaired) electrons. The summed E-state index contributed by atoms with van der Waals surface area (Å²) in [5, 5.41) is 1.01. The van der Waals surface area contributed by atoms with Gasteiger partial charge in [0, 0.05) is 10.9 Å². The van der Waals surface area contributed by atoms with E-state index in [2.05, 4.69) is 20.9 Å². The minimum absolute atomic E-state index is 0.144. The molecule has 0 aliphatic rings. The van der Waals surface area contributed by atoms with Crippen LogP contribution in [0.25, 0.3) is 0 Å². The predicted molar refractivity (Wildman–Crippen MR) is 76.3 cm³/mol. The molecule has 0 spiro atoms. The van der Waals surface area contributed by atoms with Gasteiger partial charge in [-0.05, 0) is 47.8 Å². The third kappa shape index (κ3) is 2.79. The summed E-state index contributed by atoms with van der Waals surface area (Å²) in [6.45, 7) is 3.92. The van der Waals surface area contributed by atoms with E-state index in [9.17, 15) is 4.39 Å². The second-order valence-electron chi connectivity index (χ2n) is 4.21. The smallest absolute Gasteiger partial charge is 0.137 e. The van der Waals surface area contributed by atoms with Crippen molar-refractivity contribution in [2.75, 3.05) is 0 Å². The van der Waals surface area contributed by atoms with Crippen molar-refractivity contribution in [3.05, 3.63) is 49.6 Å². The van der Waals surface area contributed by atoms with E-state index in [0.29, 0.717) is 10.9 Å². The Kier molecular flexibility index (Phi) is 4.14. The topological polar surface area (TPSA) is 38.9 Å². The Hall–Kier alpha value is -0.780. The van der Waals surface area contributed by atoms with Crippen molar-refractivity contribution >= 4 is 27.3 Å². The zero-order valence-corrected chi connectivity index (χ0v) is 12.6. The molecule has 1 unspecified atom stereocenters. The summed E-state index contributed by atoms with van der Waals surface area (Å²) in [6.07, 6.45) is 0.598. The molecule has 2 aromatic rings. The molecule has 0 aliphatic carbocycles. The molecule has 0 bridgehead atoms. The standard InChI is InChI=1S/C13H14BrFN2S/c1-7-13(18-8(2)17-7)11(16)6-9-4-3-5-10(15)12(9)14/h3-5,11H,6,16H2,1-2H3. The van der Waals surface area contributed by atoms with Crippen LogP contribution in [0.3, 0.4) is 0 Å². The van der Waals surface area contributed by atoms with Gasteiger partial charge in [0.05, 0.1) is 15.2 Å². The highest BCUT2D eigenvalue weighted by Gasteiger charge is 2.16. The Morgan fingerprint density at radius 3 is 2.78 bits per heavy atom. The summed E-state index contributed by atoms with van der Waals surface area (Å²) in [5.41, 5.74) is 8.04. The van der Waals surface area contributed by atoms with Crippen LogP contribution in [0.5, 0.6) is 0 Å². The maximum Gasteiger partial charge on any atom is 0.137 e. The zero-order chi connectivity index (χ0) is 13.3. The van der Waals surface area contributed by atoms with Crippen LogP contribution < -0.4 is 5.73 Å². The first-order chi connectivity index (χ1) is 8.49. The summed E-state index contributed by atoms with van der Waals surface area (Å²) in [5.74, 6) is -0.253. The van der Waals surface area contributed by atoms with Crippen LogP contribution in [0, 0.1) is 19.7 Å². The first-order valence-corrected chi connectivity index (χ1v) is 7.22. The summed E-state index contributed by atoms with van der Waals surface area (Å²) < 4.78 is 13.9. The van der Waals surface area contributed by atoms with Gasteiger partial charge in [0.2, 0.25) is 0 Å². The van der Waals surface area contributed by atoms with Crippen molar-refractivity contribution in [2.45, 2.75) is 26.3 Å². The second kappa shape index (κ2) is 5.47. The van der Waals surface area contributed by atoms with Gasteiger partial charge in [-0.15, -0.1) is 11.3 Å². The molecule has 0 aliphatic heterocycles. The molecule has 1 aromatic heterocycles. The molecule has 5 heteroatoms. The molecule has 1 atom stereocenters. The maximum absolute atomic E-state index is 13.4. The molecular formula is C13H14BrFN2S. The van der Waals surface area contributed by atoms with Gasteiger partial charge in [0.25, 0.3) is 0 Å². The fourth-order valence-corrected chi connectivity index (χ4v) is 3.28. The third-order valence-electron chi connectivity index (χ3n) is 2.75. The molecule has 2 nitrogen and oxygen atoms in total. The first kappa shape index (κ1) is 13.6. The Morgan fingerprint density at radius 2 is 2.17 bits per heavy atom. The van der Waals surface area contributed by atoms with Crippen LogP contribution in [0.15, 0.2) is 22.7 Å². The Balaban J connectivity index is 2.24. The van der Waals surface area contributed by atoms with Crippen molar-refractivity contribution in [2.24, 2.45) is 5.73 Å². The number of aryl methyl sites for hydroxylation is 2. The molecule has 1 aromatic carbocycles. The molecule has 1 heterocycles. The van der Waals surface area contributed by atoms with Gasteiger partial charge in [-0.3, -0.25) is 0 Å². The lowest BCUT2D eigenvalue weighted by atomic mass is 10.0. The Bertz CT molecular complexity index is 568. The van der Waals surface area contributed by atoms with E-state index in [1.807, 2.05) is 19.9 Å². The summed E-state index contributed by atoms with van der Waals surface area (Å²) >= 11 is 4.87. The number of benzene rings is 1. The van der Waals surface area contributed by atoms with E-state index in [1.54, 1.807) is 17.4 Å². The first-order valence-electron chi connectivity index (χ1n) is 5.61. The van der Waals surface area contributed by atoms with Gasteiger partial charge >= 0.3 is 0 Å².